The van der Waals surface area contributed by atoms with E-state index in [2.05, 4.69) is 15.9 Å². The van der Waals surface area contributed by atoms with Gasteiger partial charge in [-0.3, -0.25) is 0 Å². The van der Waals surface area contributed by atoms with Gasteiger partial charge in [0.05, 0.1) is 17.7 Å². The third kappa shape index (κ3) is 3.21. The highest BCUT2D eigenvalue weighted by Crippen LogP contribution is 2.47. The molecule has 5 heteroatoms. The molecule has 19 heavy (non-hydrogen) atoms. The summed E-state index contributed by atoms with van der Waals surface area (Å²) in [6.07, 6.45) is 4.33. The maximum absolute atomic E-state index is 6.30. The monoisotopic (exact) mass is 366 g/mol. The molecule has 0 aliphatic heterocycles. The van der Waals surface area contributed by atoms with Crippen molar-refractivity contribution < 1.29 is 9.47 Å². The topological polar surface area (TPSA) is 18.5 Å². The molecule has 2 rings (SSSR count). The molecular weight excluding hydrogens is 351 g/mol. The van der Waals surface area contributed by atoms with E-state index < -0.39 is 0 Å². The zero-order valence-electron chi connectivity index (χ0n) is 11.0. The molecule has 0 bridgehead atoms. The van der Waals surface area contributed by atoms with Crippen LogP contribution in [0.3, 0.4) is 0 Å². The minimum Gasteiger partial charge on any atom is -0.495 e. The van der Waals surface area contributed by atoms with E-state index in [1.165, 1.54) is 6.42 Å². The average Bonchev–Trinajstić information content (AvgIpc) is 2.35. The lowest BCUT2D eigenvalue weighted by Gasteiger charge is -2.42. The smallest absolute Gasteiger partial charge is 0.138 e. The molecule has 1 unspecified atom stereocenters. The van der Waals surface area contributed by atoms with Gasteiger partial charge in [0, 0.05) is 23.0 Å². The molecule has 0 aromatic heterocycles. The van der Waals surface area contributed by atoms with Gasteiger partial charge in [-0.25, -0.2) is 0 Å². The summed E-state index contributed by atoms with van der Waals surface area (Å²) in [4.78, 5) is 0.128. The minimum absolute atomic E-state index is 0.0100. The van der Waals surface area contributed by atoms with E-state index in [1.807, 2.05) is 6.07 Å². The Hall–Kier alpha value is 0.0400. The van der Waals surface area contributed by atoms with Crippen molar-refractivity contribution in [3.63, 3.8) is 0 Å². The summed E-state index contributed by atoms with van der Waals surface area (Å²) in [7, 11) is 3.36. The maximum atomic E-state index is 6.30. The number of benzene rings is 1. The second kappa shape index (κ2) is 6.21. The number of rotatable bonds is 5. The number of hydrogen-bond acceptors (Lipinski definition) is 2. The molecule has 2 nitrogen and oxygen atoms in total. The molecule has 1 aliphatic carbocycles. The molecule has 106 valence electrons. The van der Waals surface area contributed by atoms with Crippen LogP contribution in [0.4, 0.5) is 0 Å². The van der Waals surface area contributed by atoms with E-state index >= 15 is 0 Å². The fraction of sp³-hybridized carbons (Fsp3) is 0.571. The van der Waals surface area contributed by atoms with Crippen molar-refractivity contribution in [3.05, 3.63) is 27.7 Å². The lowest BCUT2D eigenvalue weighted by molar-refractivity contribution is -0.0773. The Morgan fingerprint density at radius 3 is 2.42 bits per heavy atom. The predicted octanol–water partition coefficient (Wildman–Crippen LogP) is 5.40. The third-order valence-corrected chi connectivity index (χ3v) is 5.30. The van der Waals surface area contributed by atoms with Crippen LogP contribution >= 0.6 is 39.1 Å². The van der Waals surface area contributed by atoms with Gasteiger partial charge in [0.2, 0.25) is 0 Å². The highest BCUT2D eigenvalue weighted by molar-refractivity contribution is 9.09. The van der Waals surface area contributed by atoms with Crippen LogP contribution in [0.15, 0.2) is 12.1 Å². The van der Waals surface area contributed by atoms with Crippen molar-refractivity contribution >= 4 is 39.1 Å². The van der Waals surface area contributed by atoms with E-state index in [0.29, 0.717) is 15.8 Å². The van der Waals surface area contributed by atoms with Crippen molar-refractivity contribution in [2.24, 2.45) is 0 Å². The lowest BCUT2D eigenvalue weighted by atomic mass is 9.76. The molecule has 0 saturated heterocycles. The number of methoxy groups -OCH3 is 2. The summed E-state index contributed by atoms with van der Waals surface area (Å²) in [5, 5.41) is 1.24. The van der Waals surface area contributed by atoms with Crippen molar-refractivity contribution in [2.45, 2.75) is 36.1 Å². The van der Waals surface area contributed by atoms with E-state index in [1.54, 1.807) is 20.3 Å². The Labute approximate surface area is 132 Å². The zero-order chi connectivity index (χ0) is 14.0. The van der Waals surface area contributed by atoms with E-state index in [4.69, 9.17) is 32.7 Å². The molecule has 1 aromatic rings. The third-order valence-electron chi connectivity index (χ3n) is 3.86. The summed E-state index contributed by atoms with van der Waals surface area (Å²) in [5.41, 5.74) is 0.972. The molecule has 1 saturated carbocycles. The fourth-order valence-corrected chi connectivity index (χ4v) is 4.07. The first-order chi connectivity index (χ1) is 9.01. The fourth-order valence-electron chi connectivity index (χ4n) is 2.44. The van der Waals surface area contributed by atoms with Crippen LogP contribution in [0.1, 0.15) is 36.1 Å². The molecule has 1 aromatic carbocycles. The van der Waals surface area contributed by atoms with Gasteiger partial charge < -0.3 is 9.47 Å². The van der Waals surface area contributed by atoms with Gasteiger partial charge in [-0.1, -0.05) is 39.1 Å². The van der Waals surface area contributed by atoms with Crippen molar-refractivity contribution in [2.75, 3.05) is 14.2 Å². The van der Waals surface area contributed by atoms with Crippen LogP contribution in [0.2, 0.25) is 10.0 Å². The molecular formula is C14H17BrCl2O2. The van der Waals surface area contributed by atoms with Gasteiger partial charge in [-0.05, 0) is 37.3 Å². The van der Waals surface area contributed by atoms with Crippen LogP contribution in [-0.4, -0.2) is 19.8 Å². The normalized spacial score (nSPS) is 18.8. The quantitative estimate of drug-likeness (QED) is 0.649. The SMILES string of the molecule is COc1cc(Cl)c(C(Br)CC2(OC)CCC2)cc1Cl. The van der Waals surface area contributed by atoms with Gasteiger partial charge in [-0.2, -0.15) is 0 Å². The zero-order valence-corrected chi connectivity index (χ0v) is 14.1. The lowest BCUT2D eigenvalue weighted by Crippen LogP contribution is -2.39. The second-order valence-corrected chi connectivity index (χ2v) is 6.84. The number of halogens is 3. The van der Waals surface area contributed by atoms with Crippen molar-refractivity contribution in [3.8, 4) is 5.75 Å². The first kappa shape index (κ1) is 15.4. The summed E-state index contributed by atoms with van der Waals surface area (Å²) in [6, 6.07) is 3.62. The standard InChI is InChI=1S/C14H17BrCl2O2/c1-18-13-7-11(16)9(6-12(13)17)10(15)8-14(19-2)4-3-5-14/h6-7,10H,3-5,8H2,1-2H3. The molecule has 1 atom stereocenters. The molecule has 1 fully saturated rings. The summed E-state index contributed by atoms with van der Waals surface area (Å²) in [6.45, 7) is 0. The van der Waals surface area contributed by atoms with Gasteiger partial charge in [-0.15, -0.1) is 0 Å². The Bertz CT molecular complexity index is 455. The molecule has 1 aliphatic rings. The Morgan fingerprint density at radius 2 is 1.95 bits per heavy atom. The van der Waals surface area contributed by atoms with Gasteiger partial charge in [0.1, 0.15) is 5.75 Å². The Kier molecular flexibility index (Phi) is 5.04. The summed E-state index contributed by atoms with van der Waals surface area (Å²) in [5.74, 6) is 0.597. The number of hydrogen-bond donors (Lipinski definition) is 0. The van der Waals surface area contributed by atoms with E-state index in [0.717, 1.165) is 24.8 Å². The average molecular weight is 368 g/mol. The first-order valence-corrected chi connectivity index (χ1v) is 7.90. The van der Waals surface area contributed by atoms with Gasteiger partial charge >= 0.3 is 0 Å². The van der Waals surface area contributed by atoms with Crippen LogP contribution in [0, 0.1) is 0 Å². The maximum Gasteiger partial charge on any atom is 0.138 e. The molecule has 0 heterocycles. The minimum atomic E-state index is -0.0100. The second-order valence-electron chi connectivity index (χ2n) is 4.92. The number of alkyl halides is 1. The first-order valence-electron chi connectivity index (χ1n) is 6.23. The number of ether oxygens (including phenoxy) is 2. The van der Waals surface area contributed by atoms with Crippen LogP contribution in [0.5, 0.6) is 5.75 Å². The highest BCUT2D eigenvalue weighted by Gasteiger charge is 2.39. The Morgan fingerprint density at radius 1 is 1.26 bits per heavy atom. The van der Waals surface area contributed by atoms with Crippen molar-refractivity contribution in [1.82, 2.24) is 0 Å². The Balaban J connectivity index is 2.19. The molecule has 0 spiro atoms. The van der Waals surface area contributed by atoms with Crippen LogP contribution in [0.25, 0.3) is 0 Å². The molecule has 0 amide bonds. The van der Waals surface area contributed by atoms with Crippen LogP contribution < -0.4 is 4.74 Å². The van der Waals surface area contributed by atoms with E-state index in [9.17, 15) is 0 Å². The van der Waals surface area contributed by atoms with E-state index in [-0.39, 0.29) is 10.4 Å². The summed E-state index contributed by atoms with van der Waals surface area (Å²) >= 11 is 16.2. The summed E-state index contributed by atoms with van der Waals surface area (Å²) < 4.78 is 10.8. The molecule has 0 radical (unpaired) electrons. The van der Waals surface area contributed by atoms with Gasteiger partial charge in [0.25, 0.3) is 0 Å². The predicted molar refractivity (Wildman–Crippen MR) is 82.9 cm³/mol. The highest BCUT2D eigenvalue weighted by atomic mass is 79.9. The van der Waals surface area contributed by atoms with Gasteiger partial charge in [0.15, 0.2) is 0 Å². The largest absolute Gasteiger partial charge is 0.495 e. The molecule has 0 N–H and O–H groups in total. The van der Waals surface area contributed by atoms with Crippen molar-refractivity contribution in [1.29, 1.82) is 0 Å². The van der Waals surface area contributed by atoms with Crippen LogP contribution in [-0.2, 0) is 4.74 Å².